The summed E-state index contributed by atoms with van der Waals surface area (Å²) in [4.78, 5) is 11.5. The second kappa shape index (κ2) is 5.02. The Morgan fingerprint density at radius 2 is 2.43 bits per heavy atom. The molecule has 1 unspecified atom stereocenters. The predicted molar refractivity (Wildman–Crippen MR) is 53.1 cm³/mol. The Morgan fingerprint density at radius 1 is 1.71 bits per heavy atom. The standard InChI is InChI=1S/C8H13N3O2S/c1-5(2)7(4-12)10-8(13)6-3-9-14-11-6/h3,5,7,12H,4H2,1-2H3,(H,10,13). The number of aromatic nitrogens is 2. The molecule has 2 N–H and O–H groups in total. The van der Waals surface area contributed by atoms with E-state index in [4.69, 9.17) is 5.11 Å². The van der Waals surface area contributed by atoms with E-state index < -0.39 is 0 Å². The quantitative estimate of drug-likeness (QED) is 0.756. The van der Waals surface area contributed by atoms with Crippen molar-refractivity contribution >= 4 is 17.6 Å². The summed E-state index contributed by atoms with van der Waals surface area (Å²) in [6.07, 6.45) is 1.41. The maximum absolute atomic E-state index is 11.5. The SMILES string of the molecule is CC(C)C(CO)NC(=O)c1cnsn1. The molecule has 0 fully saturated rings. The van der Waals surface area contributed by atoms with Crippen molar-refractivity contribution in [2.24, 2.45) is 5.92 Å². The highest BCUT2D eigenvalue weighted by Crippen LogP contribution is 2.02. The molecule has 1 aromatic rings. The van der Waals surface area contributed by atoms with Gasteiger partial charge in [0.1, 0.15) is 0 Å². The third kappa shape index (κ3) is 2.74. The van der Waals surface area contributed by atoms with Crippen molar-refractivity contribution in [2.45, 2.75) is 19.9 Å². The van der Waals surface area contributed by atoms with Gasteiger partial charge in [0.25, 0.3) is 5.91 Å². The van der Waals surface area contributed by atoms with Crippen LogP contribution in [0.4, 0.5) is 0 Å². The van der Waals surface area contributed by atoms with Crippen LogP contribution in [0.3, 0.4) is 0 Å². The van der Waals surface area contributed by atoms with E-state index in [2.05, 4.69) is 14.1 Å². The van der Waals surface area contributed by atoms with Crippen molar-refractivity contribution in [2.75, 3.05) is 6.61 Å². The molecule has 1 atom stereocenters. The molecule has 0 saturated heterocycles. The first kappa shape index (κ1) is 11.1. The molecule has 14 heavy (non-hydrogen) atoms. The molecule has 78 valence electrons. The molecule has 0 spiro atoms. The first-order valence-electron chi connectivity index (χ1n) is 4.34. The highest BCUT2D eigenvalue weighted by molar-refractivity contribution is 6.99. The summed E-state index contributed by atoms with van der Waals surface area (Å²) in [6.45, 7) is 3.79. The van der Waals surface area contributed by atoms with E-state index in [1.165, 1.54) is 6.20 Å². The summed E-state index contributed by atoms with van der Waals surface area (Å²) in [5, 5.41) is 11.7. The molecule has 0 aromatic carbocycles. The van der Waals surface area contributed by atoms with E-state index in [0.29, 0.717) is 5.69 Å². The molecule has 0 aliphatic carbocycles. The Morgan fingerprint density at radius 3 is 2.86 bits per heavy atom. The van der Waals surface area contributed by atoms with Gasteiger partial charge in [0, 0.05) is 0 Å². The lowest BCUT2D eigenvalue weighted by Gasteiger charge is -2.18. The van der Waals surface area contributed by atoms with Gasteiger partial charge in [-0.2, -0.15) is 8.75 Å². The summed E-state index contributed by atoms with van der Waals surface area (Å²) in [5.74, 6) is -0.0953. The minimum Gasteiger partial charge on any atom is -0.394 e. The van der Waals surface area contributed by atoms with Crippen LogP contribution in [-0.4, -0.2) is 32.4 Å². The van der Waals surface area contributed by atoms with Gasteiger partial charge in [-0.3, -0.25) is 4.79 Å². The molecular weight excluding hydrogens is 202 g/mol. The molecule has 6 heteroatoms. The van der Waals surface area contributed by atoms with Gasteiger partial charge in [-0.05, 0) is 5.92 Å². The van der Waals surface area contributed by atoms with E-state index in [-0.39, 0.29) is 24.5 Å². The number of carbonyl (C=O) groups is 1. The van der Waals surface area contributed by atoms with Crippen LogP contribution < -0.4 is 5.32 Å². The van der Waals surface area contributed by atoms with E-state index in [0.717, 1.165) is 11.7 Å². The van der Waals surface area contributed by atoms with Crippen LogP contribution in [0, 0.1) is 5.92 Å². The smallest absolute Gasteiger partial charge is 0.272 e. The van der Waals surface area contributed by atoms with E-state index >= 15 is 0 Å². The maximum Gasteiger partial charge on any atom is 0.272 e. The number of aliphatic hydroxyl groups is 1. The zero-order valence-electron chi connectivity index (χ0n) is 8.10. The summed E-state index contributed by atoms with van der Waals surface area (Å²) in [7, 11) is 0. The Bertz CT molecular complexity index is 287. The van der Waals surface area contributed by atoms with Crippen molar-refractivity contribution in [1.82, 2.24) is 14.1 Å². The van der Waals surface area contributed by atoms with E-state index in [1.807, 2.05) is 13.8 Å². The van der Waals surface area contributed by atoms with Crippen LogP contribution in [0.5, 0.6) is 0 Å². The van der Waals surface area contributed by atoms with Crippen LogP contribution in [-0.2, 0) is 0 Å². The second-order valence-corrected chi connectivity index (χ2v) is 3.86. The number of hydrogen-bond donors (Lipinski definition) is 2. The largest absolute Gasteiger partial charge is 0.394 e. The third-order valence-electron chi connectivity index (χ3n) is 1.91. The Balaban J connectivity index is 2.56. The van der Waals surface area contributed by atoms with Crippen molar-refractivity contribution < 1.29 is 9.90 Å². The van der Waals surface area contributed by atoms with Gasteiger partial charge in [0.05, 0.1) is 30.6 Å². The molecule has 0 aliphatic rings. The van der Waals surface area contributed by atoms with Crippen LogP contribution in [0.1, 0.15) is 24.3 Å². The number of amides is 1. The van der Waals surface area contributed by atoms with Crippen molar-refractivity contribution in [1.29, 1.82) is 0 Å². The molecule has 0 aliphatic heterocycles. The zero-order chi connectivity index (χ0) is 10.6. The van der Waals surface area contributed by atoms with Crippen molar-refractivity contribution in [3.63, 3.8) is 0 Å². The van der Waals surface area contributed by atoms with Crippen LogP contribution >= 0.6 is 11.7 Å². The van der Waals surface area contributed by atoms with E-state index in [1.54, 1.807) is 0 Å². The molecular formula is C8H13N3O2S. The lowest BCUT2D eigenvalue weighted by molar-refractivity contribution is 0.0892. The van der Waals surface area contributed by atoms with Crippen LogP contribution in [0.2, 0.25) is 0 Å². The molecule has 0 bridgehead atoms. The Kier molecular flexibility index (Phi) is 3.97. The predicted octanol–water partition coefficient (Wildman–Crippen LogP) is 0.285. The fraction of sp³-hybridized carbons (Fsp3) is 0.625. The molecule has 0 saturated carbocycles. The molecule has 1 amide bonds. The number of hydrogen-bond acceptors (Lipinski definition) is 5. The van der Waals surface area contributed by atoms with Crippen LogP contribution in [0.15, 0.2) is 6.20 Å². The minimum atomic E-state index is -0.286. The number of aliphatic hydroxyl groups excluding tert-OH is 1. The maximum atomic E-state index is 11.5. The van der Waals surface area contributed by atoms with Gasteiger partial charge < -0.3 is 10.4 Å². The Hall–Kier alpha value is -1.01. The summed E-state index contributed by atoms with van der Waals surface area (Å²) >= 11 is 0.988. The zero-order valence-corrected chi connectivity index (χ0v) is 8.91. The monoisotopic (exact) mass is 215 g/mol. The average molecular weight is 215 g/mol. The highest BCUT2D eigenvalue weighted by atomic mass is 32.1. The summed E-state index contributed by atoms with van der Waals surface area (Å²) in [5.41, 5.74) is 0.300. The number of rotatable bonds is 4. The molecule has 1 heterocycles. The minimum absolute atomic E-state index is 0.0685. The van der Waals surface area contributed by atoms with Gasteiger partial charge in [-0.1, -0.05) is 13.8 Å². The van der Waals surface area contributed by atoms with Gasteiger partial charge in [-0.25, -0.2) is 0 Å². The molecule has 1 rings (SSSR count). The topological polar surface area (TPSA) is 75.1 Å². The number of carbonyl (C=O) groups excluding carboxylic acids is 1. The summed E-state index contributed by atoms with van der Waals surface area (Å²) in [6, 6.07) is -0.232. The van der Waals surface area contributed by atoms with E-state index in [9.17, 15) is 4.79 Å². The second-order valence-electron chi connectivity index (χ2n) is 3.30. The lowest BCUT2D eigenvalue weighted by Crippen LogP contribution is -2.41. The number of nitrogens with zero attached hydrogens (tertiary/aromatic N) is 2. The average Bonchev–Trinajstić information content (AvgIpc) is 2.65. The summed E-state index contributed by atoms with van der Waals surface area (Å²) < 4.78 is 7.53. The van der Waals surface area contributed by atoms with Gasteiger partial charge in [0.2, 0.25) is 0 Å². The van der Waals surface area contributed by atoms with Gasteiger partial charge in [0.15, 0.2) is 5.69 Å². The van der Waals surface area contributed by atoms with Gasteiger partial charge in [-0.15, -0.1) is 0 Å². The highest BCUT2D eigenvalue weighted by Gasteiger charge is 2.17. The third-order valence-corrected chi connectivity index (χ3v) is 2.39. The fourth-order valence-corrected chi connectivity index (χ4v) is 1.34. The van der Waals surface area contributed by atoms with Crippen molar-refractivity contribution in [3.8, 4) is 0 Å². The lowest BCUT2D eigenvalue weighted by atomic mass is 10.1. The Labute approximate surface area is 86.5 Å². The number of nitrogens with one attached hydrogen (secondary N) is 1. The van der Waals surface area contributed by atoms with Crippen molar-refractivity contribution in [3.05, 3.63) is 11.9 Å². The first-order chi connectivity index (χ1) is 6.65. The normalized spacial score (nSPS) is 12.9. The molecule has 1 aromatic heterocycles. The fourth-order valence-electron chi connectivity index (χ4n) is 0.930. The van der Waals surface area contributed by atoms with Gasteiger partial charge >= 0.3 is 0 Å². The molecule has 0 radical (unpaired) electrons. The van der Waals surface area contributed by atoms with Crippen LogP contribution in [0.25, 0.3) is 0 Å². The first-order valence-corrected chi connectivity index (χ1v) is 5.07. The molecule has 5 nitrogen and oxygen atoms in total.